The Hall–Kier alpha value is -0.820. The molecule has 0 amide bonds. The molecule has 2 unspecified atom stereocenters. The van der Waals surface area contributed by atoms with Gasteiger partial charge in [0.05, 0.1) is 0 Å². The van der Waals surface area contributed by atoms with Crippen molar-refractivity contribution in [3.63, 3.8) is 0 Å². The zero-order valence-corrected chi connectivity index (χ0v) is 11.6. The average molecular weight is 268 g/mol. The molecule has 2 nitrogen and oxygen atoms in total. The topological polar surface area (TPSA) is 29.5 Å². The molecule has 4 heteroatoms. The summed E-state index contributed by atoms with van der Waals surface area (Å²) in [4.78, 5) is 0. The maximum absolute atomic E-state index is 14.6. The van der Waals surface area contributed by atoms with Crippen LogP contribution in [0, 0.1) is 12.8 Å². The van der Waals surface area contributed by atoms with Crippen molar-refractivity contribution >= 4 is 9.24 Å². The SMILES string of the molecule is Cc1cc(O)c2c(c1)OC(F)(P)[C@@H]1CCCC[C@H]21. The molecule has 0 saturated heterocycles. The summed E-state index contributed by atoms with van der Waals surface area (Å²) < 4.78 is 20.1. The summed E-state index contributed by atoms with van der Waals surface area (Å²) in [7, 11) is 2.22. The second-order valence-electron chi connectivity index (χ2n) is 5.49. The highest BCUT2D eigenvalue weighted by Crippen LogP contribution is 2.56. The molecular weight excluding hydrogens is 250 g/mol. The van der Waals surface area contributed by atoms with E-state index >= 15 is 0 Å². The van der Waals surface area contributed by atoms with Crippen LogP contribution in [0.4, 0.5) is 4.39 Å². The van der Waals surface area contributed by atoms with E-state index in [4.69, 9.17) is 4.74 Å². The molecule has 18 heavy (non-hydrogen) atoms. The number of phenolic OH excluding ortho intramolecular Hbond substituents is 1. The Bertz CT molecular complexity index is 487. The molecule has 2 aliphatic rings. The van der Waals surface area contributed by atoms with Gasteiger partial charge in [-0.05, 0) is 37.5 Å². The Labute approximate surface area is 109 Å². The number of fused-ring (bicyclic) bond motifs is 3. The molecule has 1 aromatic rings. The van der Waals surface area contributed by atoms with Crippen LogP contribution in [0.15, 0.2) is 12.1 Å². The number of aryl methyl sites for hydroxylation is 1. The van der Waals surface area contributed by atoms with Gasteiger partial charge in [-0.2, -0.15) is 4.39 Å². The van der Waals surface area contributed by atoms with Crippen molar-refractivity contribution in [2.24, 2.45) is 5.92 Å². The van der Waals surface area contributed by atoms with E-state index in [1.807, 2.05) is 13.0 Å². The number of ether oxygens (including phenoxy) is 1. The predicted octanol–water partition coefficient (Wildman–Crippen LogP) is 3.87. The second-order valence-corrected chi connectivity index (χ2v) is 6.28. The van der Waals surface area contributed by atoms with E-state index in [1.165, 1.54) is 0 Å². The lowest BCUT2D eigenvalue weighted by Gasteiger charge is -2.44. The summed E-state index contributed by atoms with van der Waals surface area (Å²) in [5, 5.41) is 10.1. The van der Waals surface area contributed by atoms with Crippen molar-refractivity contribution in [2.75, 3.05) is 0 Å². The number of alkyl halides is 1. The third-order valence-electron chi connectivity index (χ3n) is 4.17. The lowest BCUT2D eigenvalue weighted by atomic mass is 9.73. The van der Waals surface area contributed by atoms with Crippen LogP contribution < -0.4 is 4.74 Å². The normalized spacial score (nSPS) is 34.4. The average Bonchev–Trinajstić information content (AvgIpc) is 2.27. The third kappa shape index (κ3) is 1.80. The van der Waals surface area contributed by atoms with Crippen molar-refractivity contribution in [1.82, 2.24) is 0 Å². The molecule has 0 bridgehead atoms. The molecule has 1 fully saturated rings. The second kappa shape index (κ2) is 4.09. The maximum Gasteiger partial charge on any atom is 0.262 e. The van der Waals surface area contributed by atoms with Crippen LogP contribution >= 0.6 is 9.24 Å². The minimum atomic E-state index is -1.70. The van der Waals surface area contributed by atoms with Gasteiger partial charge in [0.2, 0.25) is 0 Å². The molecule has 3 rings (SSSR count). The van der Waals surface area contributed by atoms with Crippen molar-refractivity contribution in [2.45, 2.75) is 44.1 Å². The highest BCUT2D eigenvalue weighted by atomic mass is 31.0. The van der Waals surface area contributed by atoms with E-state index in [0.29, 0.717) is 5.75 Å². The fourth-order valence-corrected chi connectivity index (χ4v) is 3.92. The van der Waals surface area contributed by atoms with Crippen LogP contribution in [0.25, 0.3) is 0 Å². The number of aromatic hydroxyl groups is 1. The Morgan fingerprint density at radius 3 is 2.89 bits per heavy atom. The van der Waals surface area contributed by atoms with E-state index in [9.17, 15) is 9.50 Å². The zero-order chi connectivity index (χ0) is 12.9. The Kier molecular flexibility index (Phi) is 2.78. The summed E-state index contributed by atoms with van der Waals surface area (Å²) in [5.41, 5.74) is 0.000495. The monoisotopic (exact) mass is 268 g/mol. The smallest absolute Gasteiger partial charge is 0.262 e. The number of rotatable bonds is 0. The molecule has 1 aliphatic carbocycles. The van der Waals surface area contributed by atoms with Crippen molar-refractivity contribution in [3.05, 3.63) is 23.3 Å². The van der Waals surface area contributed by atoms with Crippen LogP contribution in [-0.4, -0.2) is 10.7 Å². The minimum absolute atomic E-state index is 0.0746. The van der Waals surface area contributed by atoms with Crippen LogP contribution in [0.5, 0.6) is 11.5 Å². The van der Waals surface area contributed by atoms with E-state index in [2.05, 4.69) is 9.24 Å². The van der Waals surface area contributed by atoms with Crippen LogP contribution in [0.2, 0.25) is 0 Å². The van der Waals surface area contributed by atoms with Crippen LogP contribution in [0.1, 0.15) is 42.7 Å². The molecule has 4 atom stereocenters. The molecule has 98 valence electrons. The maximum atomic E-state index is 14.6. The van der Waals surface area contributed by atoms with Gasteiger partial charge in [0.15, 0.2) is 0 Å². The van der Waals surface area contributed by atoms with Gasteiger partial charge in [0.25, 0.3) is 5.60 Å². The van der Waals surface area contributed by atoms with Gasteiger partial charge in [-0.3, -0.25) is 0 Å². The Morgan fingerprint density at radius 2 is 2.11 bits per heavy atom. The van der Waals surface area contributed by atoms with Crippen molar-refractivity contribution in [1.29, 1.82) is 0 Å². The first kappa shape index (κ1) is 12.2. The summed E-state index contributed by atoms with van der Waals surface area (Å²) in [6.45, 7) is 1.87. The van der Waals surface area contributed by atoms with Gasteiger partial charge in [-0.25, -0.2) is 0 Å². The molecular formula is C14H18FO2P. The van der Waals surface area contributed by atoms with E-state index < -0.39 is 5.60 Å². The number of phenols is 1. The van der Waals surface area contributed by atoms with Gasteiger partial charge in [0.1, 0.15) is 11.5 Å². The highest BCUT2D eigenvalue weighted by molar-refractivity contribution is 7.18. The number of halogens is 1. The first-order valence-corrected chi connectivity index (χ1v) is 7.07. The van der Waals surface area contributed by atoms with Gasteiger partial charge >= 0.3 is 0 Å². The number of hydrogen-bond acceptors (Lipinski definition) is 2. The zero-order valence-electron chi connectivity index (χ0n) is 10.4. The van der Waals surface area contributed by atoms with Gasteiger partial charge in [0, 0.05) is 17.4 Å². The minimum Gasteiger partial charge on any atom is -0.508 e. The molecule has 1 aromatic carbocycles. The quantitative estimate of drug-likeness (QED) is 0.724. The number of benzene rings is 1. The largest absolute Gasteiger partial charge is 0.508 e. The highest BCUT2D eigenvalue weighted by Gasteiger charge is 2.49. The van der Waals surface area contributed by atoms with Crippen molar-refractivity contribution in [3.8, 4) is 11.5 Å². The summed E-state index contributed by atoms with van der Waals surface area (Å²) in [5.74, 6) is 0.665. The molecule has 1 saturated carbocycles. The van der Waals surface area contributed by atoms with Gasteiger partial charge in [-0.1, -0.05) is 22.1 Å². The lowest BCUT2D eigenvalue weighted by molar-refractivity contribution is -0.0632. The fraction of sp³-hybridized carbons (Fsp3) is 0.571. The van der Waals surface area contributed by atoms with Gasteiger partial charge < -0.3 is 9.84 Å². The molecule has 0 radical (unpaired) electrons. The summed E-state index contributed by atoms with van der Waals surface area (Å²) in [6.07, 6.45) is 3.87. The van der Waals surface area contributed by atoms with Crippen LogP contribution in [-0.2, 0) is 0 Å². The predicted molar refractivity (Wildman–Crippen MR) is 71.7 cm³/mol. The van der Waals surface area contributed by atoms with E-state index in [1.54, 1.807) is 6.07 Å². The fourth-order valence-electron chi connectivity index (χ4n) is 3.39. The molecule has 1 N–H and O–H groups in total. The first-order chi connectivity index (χ1) is 8.49. The molecule has 0 aromatic heterocycles. The Balaban J connectivity index is 2.14. The van der Waals surface area contributed by atoms with E-state index in [0.717, 1.165) is 36.8 Å². The molecule has 0 spiro atoms. The Morgan fingerprint density at radius 1 is 1.39 bits per heavy atom. The third-order valence-corrected chi connectivity index (χ3v) is 4.72. The number of hydrogen-bond donors (Lipinski definition) is 1. The molecule has 1 aliphatic heterocycles. The van der Waals surface area contributed by atoms with E-state index in [-0.39, 0.29) is 17.6 Å². The molecule has 1 heterocycles. The summed E-state index contributed by atoms with van der Waals surface area (Å²) in [6, 6.07) is 3.56. The summed E-state index contributed by atoms with van der Waals surface area (Å²) >= 11 is 0. The lowest BCUT2D eigenvalue weighted by Crippen LogP contribution is -2.42. The first-order valence-electron chi connectivity index (χ1n) is 6.49. The van der Waals surface area contributed by atoms with Crippen molar-refractivity contribution < 1.29 is 14.2 Å². The van der Waals surface area contributed by atoms with Crippen LogP contribution in [0.3, 0.4) is 0 Å². The van der Waals surface area contributed by atoms with Gasteiger partial charge in [-0.15, -0.1) is 0 Å². The standard InChI is InChI=1S/C14H18FO2P/c1-8-6-11(16)13-9-4-2-3-5-10(9)14(15,18)17-12(13)7-8/h6-7,9-10,16H,2-5,18H2,1H3/t9-,10+,14?/m0/s1.